The van der Waals surface area contributed by atoms with E-state index in [0.717, 1.165) is 55.9 Å². The number of nitrogens with one attached hydrogen (secondary N) is 1. The highest BCUT2D eigenvalue weighted by Crippen LogP contribution is 2.28. The van der Waals surface area contributed by atoms with Gasteiger partial charge in [-0.15, -0.1) is 24.0 Å². The van der Waals surface area contributed by atoms with Gasteiger partial charge in [-0.25, -0.2) is 4.98 Å². The van der Waals surface area contributed by atoms with Gasteiger partial charge >= 0.3 is 0 Å². The van der Waals surface area contributed by atoms with Crippen LogP contribution in [-0.2, 0) is 6.54 Å². The Balaban J connectivity index is 0.00000300. The lowest BCUT2D eigenvalue weighted by molar-refractivity contribution is 0.367. The molecule has 0 amide bonds. The first kappa shape index (κ1) is 23.1. The molecule has 0 bridgehead atoms. The van der Waals surface area contributed by atoms with Crippen LogP contribution in [-0.4, -0.2) is 70.3 Å². The third-order valence-electron chi connectivity index (χ3n) is 4.94. The number of rotatable bonds is 5. The van der Waals surface area contributed by atoms with Crippen LogP contribution < -0.4 is 19.9 Å². The van der Waals surface area contributed by atoms with Gasteiger partial charge in [-0.2, -0.15) is 0 Å². The first-order chi connectivity index (χ1) is 13.6. The van der Waals surface area contributed by atoms with Crippen molar-refractivity contribution < 1.29 is 4.74 Å². The Morgan fingerprint density at radius 2 is 1.90 bits per heavy atom. The van der Waals surface area contributed by atoms with Crippen LogP contribution in [0.2, 0.25) is 0 Å². The quantitative estimate of drug-likeness (QED) is 0.380. The first-order valence-corrected chi connectivity index (χ1v) is 9.58. The zero-order valence-corrected chi connectivity index (χ0v) is 20.0. The van der Waals surface area contributed by atoms with Gasteiger partial charge in [0.05, 0.1) is 12.8 Å². The molecule has 0 saturated carbocycles. The number of hydrogen-bond acceptors (Lipinski definition) is 5. The molecule has 1 aromatic heterocycles. The molecule has 7 nitrogen and oxygen atoms in total. The van der Waals surface area contributed by atoms with Crippen LogP contribution in [0.15, 0.2) is 47.6 Å². The molecule has 1 saturated heterocycles. The summed E-state index contributed by atoms with van der Waals surface area (Å²) in [5, 5.41) is 3.49. The number of nitrogens with zero attached hydrogens (tertiary/aromatic N) is 5. The molecule has 158 valence electrons. The number of para-hydroxylation sites is 2. The van der Waals surface area contributed by atoms with Gasteiger partial charge in [-0.3, -0.25) is 4.99 Å². The van der Waals surface area contributed by atoms with E-state index in [1.807, 2.05) is 50.4 Å². The van der Waals surface area contributed by atoms with E-state index in [9.17, 15) is 0 Å². The second-order valence-corrected chi connectivity index (χ2v) is 6.96. The fourth-order valence-corrected chi connectivity index (χ4v) is 3.38. The van der Waals surface area contributed by atoms with E-state index in [2.05, 4.69) is 43.3 Å². The number of methoxy groups -OCH3 is 1. The Bertz CT molecular complexity index is 805. The Morgan fingerprint density at radius 1 is 1.17 bits per heavy atom. The Morgan fingerprint density at radius 3 is 2.55 bits per heavy atom. The number of benzene rings is 1. The minimum atomic E-state index is 0. The number of ether oxygens (including phenoxy) is 1. The topological polar surface area (TPSA) is 56.2 Å². The van der Waals surface area contributed by atoms with E-state index in [-0.39, 0.29) is 24.0 Å². The fraction of sp³-hybridized carbons (Fsp3) is 0.429. The summed E-state index contributed by atoms with van der Waals surface area (Å²) in [4.78, 5) is 15.5. The predicted molar refractivity (Wildman–Crippen MR) is 131 cm³/mol. The summed E-state index contributed by atoms with van der Waals surface area (Å²) < 4.78 is 5.51. The molecule has 1 aliphatic heterocycles. The van der Waals surface area contributed by atoms with Gasteiger partial charge in [-0.05, 0) is 29.8 Å². The van der Waals surface area contributed by atoms with E-state index in [1.165, 1.54) is 5.56 Å². The van der Waals surface area contributed by atoms with Gasteiger partial charge in [0, 0.05) is 60.1 Å². The van der Waals surface area contributed by atoms with E-state index in [4.69, 9.17) is 4.74 Å². The molecule has 1 aromatic carbocycles. The van der Waals surface area contributed by atoms with Crippen LogP contribution in [0.5, 0.6) is 5.75 Å². The molecular weight excluding hydrogens is 479 g/mol. The Kier molecular flexibility index (Phi) is 8.81. The minimum absolute atomic E-state index is 0. The van der Waals surface area contributed by atoms with Gasteiger partial charge in [-0.1, -0.05) is 12.1 Å². The first-order valence-electron chi connectivity index (χ1n) is 9.58. The molecular formula is C21H31IN6O. The SMILES string of the molecule is CN=C(NCc1ccnc(N(C)C)c1)N1CCN(c2ccccc2OC)CC1.I. The maximum Gasteiger partial charge on any atom is 0.194 e. The van der Waals surface area contributed by atoms with Crippen molar-refractivity contribution in [3.63, 3.8) is 0 Å². The molecule has 8 heteroatoms. The van der Waals surface area contributed by atoms with Crippen LogP contribution in [0.4, 0.5) is 11.5 Å². The van der Waals surface area contributed by atoms with Crippen molar-refractivity contribution in [1.29, 1.82) is 0 Å². The number of halogens is 1. The number of piperazine rings is 1. The highest BCUT2D eigenvalue weighted by molar-refractivity contribution is 14.0. The molecule has 2 aromatic rings. The van der Waals surface area contributed by atoms with Crippen molar-refractivity contribution in [1.82, 2.24) is 15.2 Å². The average molecular weight is 510 g/mol. The maximum atomic E-state index is 5.51. The molecule has 2 heterocycles. The molecule has 1 fully saturated rings. The van der Waals surface area contributed by atoms with E-state index >= 15 is 0 Å². The minimum Gasteiger partial charge on any atom is -0.495 e. The third-order valence-corrected chi connectivity index (χ3v) is 4.94. The zero-order valence-electron chi connectivity index (χ0n) is 17.6. The predicted octanol–water partition coefficient (Wildman–Crippen LogP) is 2.67. The largest absolute Gasteiger partial charge is 0.495 e. The Hall–Kier alpha value is -2.23. The summed E-state index contributed by atoms with van der Waals surface area (Å²) in [7, 11) is 7.56. The van der Waals surface area contributed by atoms with Gasteiger partial charge < -0.3 is 24.8 Å². The van der Waals surface area contributed by atoms with Crippen molar-refractivity contribution >= 4 is 41.4 Å². The summed E-state index contributed by atoms with van der Waals surface area (Å²) in [6.07, 6.45) is 1.85. The maximum absolute atomic E-state index is 5.51. The van der Waals surface area contributed by atoms with Crippen molar-refractivity contribution in [3.05, 3.63) is 48.2 Å². The molecule has 0 unspecified atom stereocenters. The number of aliphatic imine (C=N–C) groups is 1. The number of anilines is 2. The van der Waals surface area contributed by atoms with E-state index in [1.54, 1.807) is 7.11 Å². The van der Waals surface area contributed by atoms with Crippen molar-refractivity contribution in [3.8, 4) is 5.75 Å². The second kappa shape index (κ2) is 11.1. The second-order valence-electron chi connectivity index (χ2n) is 6.96. The molecule has 0 atom stereocenters. The molecule has 3 rings (SSSR count). The lowest BCUT2D eigenvalue weighted by atomic mass is 10.2. The lowest BCUT2D eigenvalue weighted by Gasteiger charge is -2.38. The van der Waals surface area contributed by atoms with Gasteiger partial charge in [0.25, 0.3) is 0 Å². The summed E-state index contributed by atoms with van der Waals surface area (Å²) in [5.41, 5.74) is 2.34. The van der Waals surface area contributed by atoms with Crippen molar-refractivity contribution in [2.45, 2.75) is 6.54 Å². The zero-order chi connectivity index (χ0) is 19.9. The molecule has 0 spiro atoms. The highest BCUT2D eigenvalue weighted by atomic mass is 127. The van der Waals surface area contributed by atoms with Crippen LogP contribution >= 0.6 is 24.0 Å². The molecule has 1 aliphatic rings. The number of pyridine rings is 1. The van der Waals surface area contributed by atoms with Gasteiger partial charge in [0.1, 0.15) is 11.6 Å². The Labute approximate surface area is 190 Å². The summed E-state index contributed by atoms with van der Waals surface area (Å²) in [6.45, 7) is 4.42. The molecule has 0 aliphatic carbocycles. The van der Waals surface area contributed by atoms with Crippen LogP contribution in [0.25, 0.3) is 0 Å². The highest BCUT2D eigenvalue weighted by Gasteiger charge is 2.21. The molecule has 0 radical (unpaired) electrons. The average Bonchev–Trinajstić information content (AvgIpc) is 2.75. The summed E-state index contributed by atoms with van der Waals surface area (Å²) in [5.74, 6) is 2.82. The number of guanidine groups is 1. The number of aromatic nitrogens is 1. The van der Waals surface area contributed by atoms with E-state index < -0.39 is 0 Å². The van der Waals surface area contributed by atoms with Crippen LogP contribution in [0.1, 0.15) is 5.56 Å². The van der Waals surface area contributed by atoms with E-state index in [0.29, 0.717) is 0 Å². The summed E-state index contributed by atoms with van der Waals surface area (Å²) in [6, 6.07) is 12.3. The number of hydrogen-bond donors (Lipinski definition) is 1. The van der Waals surface area contributed by atoms with Crippen molar-refractivity contribution in [2.24, 2.45) is 4.99 Å². The van der Waals surface area contributed by atoms with Gasteiger partial charge in [0.15, 0.2) is 5.96 Å². The summed E-state index contributed by atoms with van der Waals surface area (Å²) >= 11 is 0. The molecule has 1 N–H and O–H groups in total. The normalized spacial score (nSPS) is 14.3. The fourth-order valence-electron chi connectivity index (χ4n) is 3.38. The molecule has 29 heavy (non-hydrogen) atoms. The van der Waals surface area contributed by atoms with Gasteiger partial charge in [0.2, 0.25) is 0 Å². The third kappa shape index (κ3) is 5.88. The van der Waals surface area contributed by atoms with Crippen LogP contribution in [0.3, 0.4) is 0 Å². The lowest BCUT2D eigenvalue weighted by Crippen LogP contribution is -2.52. The standard InChI is InChI=1S/C21H30N6O.HI/c1-22-21(24-16-17-9-10-23-20(15-17)25(2)3)27-13-11-26(12-14-27)18-7-5-6-8-19(18)28-4;/h5-10,15H,11-14,16H2,1-4H3,(H,22,24);1H. The smallest absolute Gasteiger partial charge is 0.194 e. The monoisotopic (exact) mass is 510 g/mol. The van der Waals surface area contributed by atoms with Crippen LogP contribution in [0, 0.1) is 0 Å². The van der Waals surface area contributed by atoms with Crippen molar-refractivity contribution in [2.75, 3.05) is 64.2 Å².